The summed E-state index contributed by atoms with van der Waals surface area (Å²) >= 11 is 0. The lowest BCUT2D eigenvalue weighted by Crippen LogP contribution is -2.39. The molecule has 1 fully saturated rings. The number of rotatable bonds is 10. The van der Waals surface area contributed by atoms with Gasteiger partial charge in [-0.15, -0.1) is 24.0 Å². The van der Waals surface area contributed by atoms with E-state index in [1.807, 2.05) is 18.7 Å². The minimum Gasteiger partial charge on any atom is -0.485 e. The lowest BCUT2D eigenvalue weighted by atomic mass is 10.2. The summed E-state index contributed by atoms with van der Waals surface area (Å²) in [6.45, 7) is 7.58. The molecule has 1 aliphatic rings. The summed E-state index contributed by atoms with van der Waals surface area (Å²) in [4.78, 5) is 18.1. The Kier molecular flexibility index (Phi) is 11.9. The van der Waals surface area contributed by atoms with Crippen LogP contribution in [0.15, 0.2) is 29.3 Å². The monoisotopic (exact) mass is 506 g/mol. The van der Waals surface area contributed by atoms with Crippen molar-refractivity contribution in [3.63, 3.8) is 0 Å². The van der Waals surface area contributed by atoms with Crippen LogP contribution < -0.4 is 15.4 Å². The number of para-hydroxylation sites is 1. The van der Waals surface area contributed by atoms with Crippen LogP contribution >= 0.6 is 24.0 Å². The SMILES string of the molecule is CCNC(=NCC(CC)Oc1ccccc1F)NCCCN1CCCC1=O.I. The number of hydrogen-bond donors (Lipinski definition) is 2. The molecule has 0 saturated carbocycles. The molecule has 1 saturated heterocycles. The van der Waals surface area contributed by atoms with E-state index < -0.39 is 0 Å². The standard InChI is InChI=1S/C20H31FN4O2.HI/c1-3-16(27-18-10-6-5-9-17(18)21)15-24-20(22-4-2)23-12-8-14-25-13-7-11-19(25)26;/h5-6,9-10,16H,3-4,7-8,11-15H2,1-2H3,(H2,22,23,24);1H. The first-order chi connectivity index (χ1) is 13.1. The molecule has 0 aromatic heterocycles. The van der Waals surface area contributed by atoms with Gasteiger partial charge in [-0.2, -0.15) is 0 Å². The van der Waals surface area contributed by atoms with Gasteiger partial charge in [-0.05, 0) is 38.3 Å². The molecule has 0 bridgehead atoms. The molecular weight excluding hydrogens is 474 g/mol. The van der Waals surface area contributed by atoms with Gasteiger partial charge in [0.25, 0.3) is 0 Å². The number of hydrogen-bond acceptors (Lipinski definition) is 3. The van der Waals surface area contributed by atoms with Gasteiger partial charge in [0.1, 0.15) is 6.10 Å². The van der Waals surface area contributed by atoms with Crippen molar-refractivity contribution in [3.8, 4) is 5.75 Å². The van der Waals surface area contributed by atoms with E-state index in [1.165, 1.54) is 6.07 Å². The zero-order chi connectivity index (χ0) is 19.5. The van der Waals surface area contributed by atoms with Crippen LogP contribution in [0.4, 0.5) is 4.39 Å². The number of halogens is 2. The van der Waals surface area contributed by atoms with E-state index in [0.717, 1.165) is 45.4 Å². The van der Waals surface area contributed by atoms with Crippen LogP contribution in [0.1, 0.15) is 39.5 Å². The van der Waals surface area contributed by atoms with Gasteiger partial charge in [-0.3, -0.25) is 4.79 Å². The van der Waals surface area contributed by atoms with Crippen LogP contribution in [0.25, 0.3) is 0 Å². The first-order valence-electron chi connectivity index (χ1n) is 9.85. The Hall–Kier alpha value is -1.58. The summed E-state index contributed by atoms with van der Waals surface area (Å²) < 4.78 is 19.5. The Balaban J connectivity index is 0.00000392. The maximum absolute atomic E-state index is 13.8. The fraction of sp³-hybridized carbons (Fsp3) is 0.600. The molecule has 8 heteroatoms. The van der Waals surface area contributed by atoms with Crippen molar-refractivity contribution >= 4 is 35.8 Å². The van der Waals surface area contributed by atoms with Crippen molar-refractivity contribution in [1.82, 2.24) is 15.5 Å². The summed E-state index contributed by atoms with van der Waals surface area (Å²) in [5.74, 6) is 0.863. The van der Waals surface area contributed by atoms with Gasteiger partial charge >= 0.3 is 0 Å². The van der Waals surface area contributed by atoms with E-state index in [-0.39, 0.29) is 47.6 Å². The second-order valence-electron chi connectivity index (χ2n) is 6.56. The van der Waals surface area contributed by atoms with E-state index >= 15 is 0 Å². The van der Waals surface area contributed by atoms with Gasteiger partial charge in [-0.25, -0.2) is 9.38 Å². The van der Waals surface area contributed by atoms with E-state index in [2.05, 4.69) is 15.6 Å². The molecule has 158 valence electrons. The Bertz CT molecular complexity index is 630. The fourth-order valence-corrected chi connectivity index (χ4v) is 2.92. The van der Waals surface area contributed by atoms with E-state index in [1.54, 1.807) is 18.2 Å². The van der Waals surface area contributed by atoms with E-state index in [4.69, 9.17) is 4.74 Å². The molecule has 1 heterocycles. The maximum atomic E-state index is 13.8. The quantitative estimate of drug-likeness (QED) is 0.222. The molecule has 2 rings (SSSR count). The summed E-state index contributed by atoms with van der Waals surface area (Å²) in [5, 5.41) is 6.49. The molecule has 1 aromatic rings. The van der Waals surface area contributed by atoms with Gasteiger partial charge in [-0.1, -0.05) is 19.1 Å². The highest BCUT2D eigenvalue weighted by molar-refractivity contribution is 14.0. The third-order valence-electron chi connectivity index (χ3n) is 4.45. The van der Waals surface area contributed by atoms with Gasteiger partial charge in [0.2, 0.25) is 5.91 Å². The molecule has 1 aliphatic heterocycles. The Morgan fingerprint density at radius 2 is 2.11 bits per heavy atom. The van der Waals surface area contributed by atoms with Gasteiger partial charge in [0.05, 0.1) is 6.54 Å². The van der Waals surface area contributed by atoms with Gasteiger partial charge in [0.15, 0.2) is 17.5 Å². The molecular formula is C20H32FIN4O2. The maximum Gasteiger partial charge on any atom is 0.222 e. The van der Waals surface area contributed by atoms with Crippen LogP contribution in [0, 0.1) is 5.82 Å². The molecule has 28 heavy (non-hydrogen) atoms. The van der Waals surface area contributed by atoms with E-state index in [0.29, 0.717) is 18.9 Å². The molecule has 0 spiro atoms. The van der Waals surface area contributed by atoms with Crippen LogP contribution in [0.2, 0.25) is 0 Å². The predicted molar refractivity (Wildman–Crippen MR) is 121 cm³/mol. The number of amides is 1. The molecule has 0 radical (unpaired) electrons. The fourth-order valence-electron chi connectivity index (χ4n) is 2.92. The molecule has 0 aliphatic carbocycles. The van der Waals surface area contributed by atoms with Crippen LogP contribution in [0.3, 0.4) is 0 Å². The molecule has 2 N–H and O–H groups in total. The molecule has 1 unspecified atom stereocenters. The number of carbonyl (C=O) groups is 1. The van der Waals surface area contributed by atoms with Crippen molar-refractivity contribution < 1.29 is 13.9 Å². The molecule has 1 aromatic carbocycles. The summed E-state index contributed by atoms with van der Waals surface area (Å²) in [6, 6.07) is 6.42. The number of nitrogens with one attached hydrogen (secondary N) is 2. The third-order valence-corrected chi connectivity index (χ3v) is 4.45. The van der Waals surface area contributed by atoms with Crippen molar-refractivity contribution in [3.05, 3.63) is 30.1 Å². The number of likely N-dealkylation sites (tertiary alicyclic amines) is 1. The second kappa shape index (κ2) is 13.6. The topological polar surface area (TPSA) is 66.0 Å². The zero-order valence-electron chi connectivity index (χ0n) is 16.7. The lowest BCUT2D eigenvalue weighted by molar-refractivity contribution is -0.127. The highest BCUT2D eigenvalue weighted by Crippen LogP contribution is 2.18. The highest BCUT2D eigenvalue weighted by Gasteiger charge is 2.19. The van der Waals surface area contributed by atoms with Gasteiger partial charge in [0, 0.05) is 32.6 Å². The van der Waals surface area contributed by atoms with Crippen LogP contribution in [-0.2, 0) is 4.79 Å². The number of guanidine groups is 1. The third kappa shape index (κ3) is 8.20. The zero-order valence-corrected chi connectivity index (χ0v) is 19.1. The van der Waals surface area contributed by atoms with E-state index in [9.17, 15) is 9.18 Å². The van der Waals surface area contributed by atoms with Crippen molar-refractivity contribution in [1.29, 1.82) is 0 Å². The predicted octanol–water partition coefficient (Wildman–Crippen LogP) is 3.17. The Morgan fingerprint density at radius 3 is 2.75 bits per heavy atom. The number of carbonyl (C=O) groups excluding carboxylic acids is 1. The average Bonchev–Trinajstić information content (AvgIpc) is 3.08. The molecule has 6 nitrogen and oxygen atoms in total. The minimum absolute atomic E-state index is 0. The highest BCUT2D eigenvalue weighted by atomic mass is 127. The van der Waals surface area contributed by atoms with Crippen molar-refractivity contribution in [2.24, 2.45) is 4.99 Å². The number of nitrogens with zero attached hydrogens (tertiary/aromatic N) is 2. The largest absolute Gasteiger partial charge is 0.485 e. The average molecular weight is 506 g/mol. The van der Waals surface area contributed by atoms with Crippen molar-refractivity contribution in [2.75, 3.05) is 32.7 Å². The number of benzene rings is 1. The Labute approximate surface area is 184 Å². The number of aliphatic imine (C=N–C) groups is 1. The van der Waals surface area contributed by atoms with Crippen LogP contribution in [0.5, 0.6) is 5.75 Å². The summed E-state index contributed by atoms with van der Waals surface area (Å²) in [7, 11) is 0. The molecule has 1 amide bonds. The Morgan fingerprint density at radius 1 is 1.32 bits per heavy atom. The van der Waals surface area contributed by atoms with Crippen LogP contribution in [-0.4, -0.2) is 55.6 Å². The smallest absolute Gasteiger partial charge is 0.222 e. The first-order valence-corrected chi connectivity index (χ1v) is 9.85. The summed E-state index contributed by atoms with van der Waals surface area (Å²) in [6.07, 6.45) is 3.06. The first kappa shape index (κ1) is 24.5. The summed E-state index contributed by atoms with van der Waals surface area (Å²) in [5.41, 5.74) is 0. The number of ether oxygens (including phenoxy) is 1. The van der Waals surface area contributed by atoms with Gasteiger partial charge < -0.3 is 20.3 Å². The minimum atomic E-state index is -0.360. The normalized spacial score (nSPS) is 15.2. The molecule has 1 atom stereocenters. The second-order valence-corrected chi connectivity index (χ2v) is 6.56. The van der Waals surface area contributed by atoms with Crippen molar-refractivity contribution in [2.45, 2.75) is 45.6 Å². The lowest BCUT2D eigenvalue weighted by Gasteiger charge is -2.18.